The SMILES string of the molecule is O=C(O)COc1ccc(C(=O)c2ccc(O)cc2)c2ccccc12. The smallest absolute Gasteiger partial charge is 0.341 e. The molecule has 3 aromatic rings. The van der Waals surface area contributed by atoms with Crippen molar-refractivity contribution in [2.45, 2.75) is 0 Å². The number of carboxylic acids is 1. The summed E-state index contributed by atoms with van der Waals surface area (Å²) in [5.74, 6) is -0.747. The van der Waals surface area contributed by atoms with Gasteiger partial charge in [-0.15, -0.1) is 0 Å². The fourth-order valence-electron chi connectivity index (χ4n) is 2.50. The Morgan fingerprint density at radius 3 is 2.21 bits per heavy atom. The molecule has 5 nitrogen and oxygen atoms in total. The van der Waals surface area contributed by atoms with Gasteiger partial charge >= 0.3 is 5.97 Å². The molecule has 3 aromatic carbocycles. The number of aromatic hydroxyl groups is 1. The van der Waals surface area contributed by atoms with Crippen LogP contribution in [0.15, 0.2) is 60.7 Å². The van der Waals surface area contributed by atoms with Crippen molar-refractivity contribution in [1.82, 2.24) is 0 Å². The van der Waals surface area contributed by atoms with Crippen LogP contribution in [0.25, 0.3) is 10.8 Å². The van der Waals surface area contributed by atoms with Gasteiger partial charge < -0.3 is 14.9 Å². The Morgan fingerprint density at radius 2 is 1.54 bits per heavy atom. The molecule has 0 amide bonds. The topological polar surface area (TPSA) is 83.8 Å². The van der Waals surface area contributed by atoms with Gasteiger partial charge in [0.2, 0.25) is 0 Å². The van der Waals surface area contributed by atoms with Crippen LogP contribution < -0.4 is 4.74 Å². The van der Waals surface area contributed by atoms with Crippen molar-refractivity contribution in [3.8, 4) is 11.5 Å². The van der Waals surface area contributed by atoms with Crippen LogP contribution in [0.3, 0.4) is 0 Å². The molecule has 0 saturated carbocycles. The maximum atomic E-state index is 12.7. The van der Waals surface area contributed by atoms with Crippen LogP contribution in [0.4, 0.5) is 0 Å². The van der Waals surface area contributed by atoms with Crippen LogP contribution in [0.1, 0.15) is 15.9 Å². The van der Waals surface area contributed by atoms with E-state index < -0.39 is 12.6 Å². The Morgan fingerprint density at radius 1 is 0.875 bits per heavy atom. The predicted molar refractivity (Wildman–Crippen MR) is 88.6 cm³/mol. The standard InChI is InChI=1S/C19H14O5/c20-13-7-5-12(6-8-13)19(23)16-9-10-17(24-11-18(21)22)15-4-2-1-3-14(15)16/h1-10,20H,11H2,(H,21,22). The Hall–Kier alpha value is -3.34. The first-order valence-electron chi connectivity index (χ1n) is 7.26. The van der Waals surface area contributed by atoms with Gasteiger partial charge in [0, 0.05) is 16.5 Å². The average molecular weight is 322 g/mol. The summed E-state index contributed by atoms with van der Waals surface area (Å²) in [5, 5.41) is 19.5. The van der Waals surface area contributed by atoms with Crippen molar-refractivity contribution >= 4 is 22.5 Å². The van der Waals surface area contributed by atoms with Gasteiger partial charge in [-0.3, -0.25) is 4.79 Å². The molecule has 0 unspecified atom stereocenters. The van der Waals surface area contributed by atoms with E-state index in [0.717, 1.165) is 0 Å². The number of ketones is 1. The van der Waals surface area contributed by atoms with Crippen LogP contribution in [-0.2, 0) is 4.79 Å². The highest BCUT2D eigenvalue weighted by atomic mass is 16.5. The highest BCUT2D eigenvalue weighted by Crippen LogP contribution is 2.30. The van der Waals surface area contributed by atoms with Gasteiger partial charge in [-0.05, 0) is 41.8 Å². The van der Waals surface area contributed by atoms with Gasteiger partial charge in [0.25, 0.3) is 0 Å². The van der Waals surface area contributed by atoms with E-state index in [4.69, 9.17) is 9.84 Å². The zero-order chi connectivity index (χ0) is 17.1. The van der Waals surface area contributed by atoms with Gasteiger partial charge in [-0.2, -0.15) is 0 Å². The summed E-state index contributed by atoms with van der Waals surface area (Å²) >= 11 is 0. The number of aliphatic carboxylic acids is 1. The molecule has 0 radical (unpaired) electrons. The second-order valence-corrected chi connectivity index (χ2v) is 5.22. The molecule has 0 aliphatic rings. The first-order valence-corrected chi connectivity index (χ1v) is 7.26. The lowest BCUT2D eigenvalue weighted by atomic mass is 9.96. The lowest BCUT2D eigenvalue weighted by Gasteiger charge is -2.11. The van der Waals surface area contributed by atoms with E-state index in [0.29, 0.717) is 27.6 Å². The fourth-order valence-corrected chi connectivity index (χ4v) is 2.50. The highest BCUT2D eigenvalue weighted by molar-refractivity contribution is 6.17. The van der Waals surface area contributed by atoms with Crippen LogP contribution in [0.5, 0.6) is 11.5 Å². The van der Waals surface area contributed by atoms with Crippen molar-refractivity contribution in [2.24, 2.45) is 0 Å². The molecule has 0 aliphatic heterocycles. The van der Waals surface area contributed by atoms with Crippen molar-refractivity contribution in [1.29, 1.82) is 0 Å². The van der Waals surface area contributed by atoms with Crippen molar-refractivity contribution in [3.63, 3.8) is 0 Å². The first kappa shape index (κ1) is 15.6. The Kier molecular flexibility index (Phi) is 4.16. The Balaban J connectivity index is 2.06. The van der Waals surface area contributed by atoms with Gasteiger partial charge in [-0.1, -0.05) is 24.3 Å². The molecule has 0 atom stereocenters. The quantitative estimate of drug-likeness (QED) is 0.705. The van der Waals surface area contributed by atoms with E-state index in [1.165, 1.54) is 12.1 Å². The monoisotopic (exact) mass is 322 g/mol. The maximum Gasteiger partial charge on any atom is 0.341 e. The number of hydrogen-bond donors (Lipinski definition) is 2. The van der Waals surface area contributed by atoms with Gasteiger partial charge in [0.1, 0.15) is 11.5 Å². The van der Waals surface area contributed by atoms with E-state index in [9.17, 15) is 14.7 Å². The number of phenolic OH excluding ortho intramolecular Hbond substituents is 1. The summed E-state index contributed by atoms with van der Waals surface area (Å²) in [5.41, 5.74) is 0.941. The molecular formula is C19H14O5. The number of carbonyl (C=O) groups is 2. The van der Waals surface area contributed by atoms with Crippen molar-refractivity contribution in [2.75, 3.05) is 6.61 Å². The molecule has 0 aliphatic carbocycles. The van der Waals surface area contributed by atoms with Crippen molar-refractivity contribution < 1.29 is 24.5 Å². The van der Waals surface area contributed by atoms with Gasteiger partial charge in [-0.25, -0.2) is 4.79 Å². The second-order valence-electron chi connectivity index (χ2n) is 5.22. The predicted octanol–water partition coefficient (Wildman–Crippen LogP) is 3.24. The zero-order valence-corrected chi connectivity index (χ0v) is 12.6. The number of carboxylic acid groups (broad SMARTS) is 1. The molecule has 0 spiro atoms. The lowest BCUT2D eigenvalue weighted by Crippen LogP contribution is -2.10. The second kappa shape index (κ2) is 6.42. The van der Waals surface area contributed by atoms with Crippen LogP contribution in [-0.4, -0.2) is 28.6 Å². The van der Waals surface area contributed by atoms with Crippen LogP contribution in [0, 0.1) is 0 Å². The third-order valence-electron chi connectivity index (χ3n) is 3.61. The number of benzene rings is 3. The van der Waals surface area contributed by atoms with E-state index in [1.54, 1.807) is 48.5 Å². The molecule has 0 bridgehead atoms. The Bertz CT molecular complexity index is 913. The molecule has 2 N–H and O–H groups in total. The molecule has 120 valence electrons. The van der Waals surface area contributed by atoms with E-state index >= 15 is 0 Å². The maximum absolute atomic E-state index is 12.7. The summed E-state index contributed by atoms with van der Waals surface area (Å²) in [6.07, 6.45) is 0. The van der Waals surface area contributed by atoms with Crippen LogP contribution >= 0.6 is 0 Å². The van der Waals surface area contributed by atoms with Crippen molar-refractivity contribution in [3.05, 3.63) is 71.8 Å². The molecule has 0 saturated heterocycles. The number of phenols is 1. The molecule has 5 heteroatoms. The molecule has 24 heavy (non-hydrogen) atoms. The zero-order valence-electron chi connectivity index (χ0n) is 12.6. The number of ether oxygens (including phenoxy) is 1. The van der Waals surface area contributed by atoms with Gasteiger partial charge in [0.15, 0.2) is 12.4 Å². The number of fused-ring (bicyclic) bond motifs is 1. The summed E-state index contributed by atoms with van der Waals surface area (Å²) in [6.45, 7) is -0.449. The van der Waals surface area contributed by atoms with Crippen LogP contribution in [0.2, 0.25) is 0 Å². The highest BCUT2D eigenvalue weighted by Gasteiger charge is 2.15. The minimum absolute atomic E-state index is 0.0915. The third-order valence-corrected chi connectivity index (χ3v) is 3.61. The molecular weight excluding hydrogens is 308 g/mol. The largest absolute Gasteiger partial charge is 0.508 e. The summed E-state index contributed by atoms with van der Waals surface area (Å²) in [7, 11) is 0. The molecule has 0 heterocycles. The normalized spacial score (nSPS) is 10.5. The summed E-state index contributed by atoms with van der Waals surface area (Å²) < 4.78 is 5.29. The number of hydrogen-bond acceptors (Lipinski definition) is 4. The number of rotatable bonds is 5. The van der Waals surface area contributed by atoms with E-state index in [-0.39, 0.29) is 11.5 Å². The Labute approximate surface area is 137 Å². The number of carbonyl (C=O) groups excluding carboxylic acids is 1. The fraction of sp³-hybridized carbons (Fsp3) is 0.0526. The lowest BCUT2D eigenvalue weighted by molar-refractivity contribution is -0.139. The summed E-state index contributed by atoms with van der Waals surface area (Å²) in [6, 6.07) is 16.4. The average Bonchev–Trinajstić information content (AvgIpc) is 2.59. The van der Waals surface area contributed by atoms with E-state index in [1.807, 2.05) is 0 Å². The first-order chi connectivity index (χ1) is 11.6. The van der Waals surface area contributed by atoms with Gasteiger partial charge in [0.05, 0.1) is 0 Å². The van der Waals surface area contributed by atoms with E-state index in [2.05, 4.69) is 0 Å². The summed E-state index contributed by atoms with van der Waals surface area (Å²) in [4.78, 5) is 23.4. The minimum Gasteiger partial charge on any atom is -0.508 e. The molecule has 0 fully saturated rings. The minimum atomic E-state index is -1.07. The molecule has 0 aromatic heterocycles. The molecule has 3 rings (SSSR count). The third kappa shape index (κ3) is 3.05.